The van der Waals surface area contributed by atoms with Crippen LogP contribution < -0.4 is 21.5 Å². The molecule has 0 radical (unpaired) electrons. The molecule has 1 amide bonds. The third-order valence-electron chi connectivity index (χ3n) is 3.40. The van der Waals surface area contributed by atoms with Crippen molar-refractivity contribution in [2.45, 2.75) is 19.3 Å². The molecule has 0 aliphatic rings. The van der Waals surface area contributed by atoms with Crippen molar-refractivity contribution in [3.63, 3.8) is 0 Å². The number of carboxylic acids is 1. The summed E-state index contributed by atoms with van der Waals surface area (Å²) in [5, 5.41) is 10.8. The minimum Gasteiger partial charge on any atom is -0.475 e. The van der Waals surface area contributed by atoms with Gasteiger partial charge in [-0.15, -0.1) is 11.3 Å². The molecular formula is C16H17F3N6O4S2. The number of aromatic nitrogens is 3. The number of alkyl halides is 3. The highest BCUT2D eigenvalue weighted by Gasteiger charge is 2.38. The second kappa shape index (κ2) is 9.84. The molecule has 168 valence electrons. The quantitative estimate of drug-likeness (QED) is 0.430. The maximum atomic E-state index is 12.3. The Morgan fingerprint density at radius 3 is 2.42 bits per heavy atom. The van der Waals surface area contributed by atoms with E-state index in [4.69, 9.17) is 15.6 Å². The summed E-state index contributed by atoms with van der Waals surface area (Å²) in [5.41, 5.74) is 5.69. The number of nitrogens with two attached hydrogens (primary N) is 1. The lowest BCUT2D eigenvalue weighted by Gasteiger charge is -2.05. The van der Waals surface area contributed by atoms with Crippen LogP contribution in [0, 0.1) is 0 Å². The normalized spacial score (nSPS) is 11.0. The Bertz CT molecular complexity index is 1110. The summed E-state index contributed by atoms with van der Waals surface area (Å²) in [6.07, 6.45) is -5.08. The first-order chi connectivity index (χ1) is 14.4. The van der Waals surface area contributed by atoms with E-state index in [-0.39, 0.29) is 24.6 Å². The first-order valence-electron chi connectivity index (χ1n) is 8.36. The van der Waals surface area contributed by atoms with Gasteiger partial charge in [-0.2, -0.15) is 13.2 Å². The molecule has 0 bridgehead atoms. The Kier molecular flexibility index (Phi) is 7.70. The maximum absolute atomic E-state index is 12.3. The van der Waals surface area contributed by atoms with Crippen molar-refractivity contribution >= 4 is 49.2 Å². The molecule has 3 aromatic heterocycles. The lowest BCUT2D eigenvalue weighted by Crippen LogP contribution is -2.25. The molecule has 0 fully saturated rings. The first kappa shape index (κ1) is 24.2. The number of carbonyl (C=O) groups is 2. The Labute approximate surface area is 180 Å². The summed E-state index contributed by atoms with van der Waals surface area (Å²) in [6.45, 7) is 0.301. The van der Waals surface area contributed by atoms with Gasteiger partial charge in [0.25, 0.3) is 11.5 Å². The summed E-state index contributed by atoms with van der Waals surface area (Å²) in [4.78, 5) is 47.2. The number of halogens is 3. The van der Waals surface area contributed by atoms with Crippen LogP contribution in [0.5, 0.6) is 0 Å². The first-order valence-corrected chi connectivity index (χ1v) is 9.99. The van der Waals surface area contributed by atoms with E-state index in [0.717, 1.165) is 14.7 Å². The van der Waals surface area contributed by atoms with E-state index in [0.29, 0.717) is 16.4 Å². The second-order valence-electron chi connectivity index (χ2n) is 6.04. The monoisotopic (exact) mass is 478 g/mol. The van der Waals surface area contributed by atoms with Gasteiger partial charge in [0.05, 0.1) is 21.8 Å². The standard InChI is InChI=1S/C14H16N6O2S2.C2HF3O2/c1-20(2)14-19-13-9(24-14)4-8(23-13)12(22)16-6-10-17-7(5-15)3-11(21)18-10;3-2(4,5)1(6)7/h3-4H,5-6,15H2,1-2H3,(H,16,22)(H,17,18,21);(H,6,7). The molecule has 3 heterocycles. The molecular weight excluding hydrogens is 461 g/mol. The lowest BCUT2D eigenvalue weighted by molar-refractivity contribution is -0.192. The Morgan fingerprint density at radius 2 is 1.90 bits per heavy atom. The van der Waals surface area contributed by atoms with Crippen LogP contribution in [-0.4, -0.2) is 52.2 Å². The van der Waals surface area contributed by atoms with Crippen molar-refractivity contribution in [2.75, 3.05) is 19.0 Å². The number of H-pyrrole nitrogens is 1. The van der Waals surface area contributed by atoms with Crippen molar-refractivity contribution < 1.29 is 27.9 Å². The van der Waals surface area contributed by atoms with Gasteiger partial charge in [-0.1, -0.05) is 11.3 Å². The van der Waals surface area contributed by atoms with Gasteiger partial charge in [0.1, 0.15) is 10.7 Å². The molecule has 0 aliphatic heterocycles. The van der Waals surface area contributed by atoms with E-state index in [2.05, 4.69) is 20.3 Å². The lowest BCUT2D eigenvalue weighted by atomic mass is 10.4. The zero-order chi connectivity index (χ0) is 23.3. The largest absolute Gasteiger partial charge is 0.490 e. The van der Waals surface area contributed by atoms with Crippen LogP contribution in [-0.2, 0) is 17.9 Å². The average molecular weight is 478 g/mol. The molecule has 0 saturated carbocycles. The SMILES string of the molecule is CN(C)c1nc2sc(C(=O)NCc3nc(CN)cc(=O)[nH]3)cc2s1.O=C(O)C(F)(F)F. The molecule has 3 aromatic rings. The molecule has 0 saturated heterocycles. The van der Waals surface area contributed by atoms with Crippen LogP contribution in [0.15, 0.2) is 16.9 Å². The van der Waals surface area contributed by atoms with E-state index >= 15 is 0 Å². The molecule has 15 heteroatoms. The summed E-state index contributed by atoms with van der Waals surface area (Å²) >= 11 is 2.87. The number of nitrogens with one attached hydrogen (secondary N) is 2. The van der Waals surface area contributed by atoms with Gasteiger partial charge in [0.2, 0.25) is 0 Å². The van der Waals surface area contributed by atoms with Crippen LogP contribution in [0.1, 0.15) is 21.2 Å². The van der Waals surface area contributed by atoms with Gasteiger partial charge >= 0.3 is 12.1 Å². The minimum atomic E-state index is -5.08. The number of anilines is 1. The summed E-state index contributed by atoms with van der Waals surface area (Å²) < 4.78 is 32.7. The van der Waals surface area contributed by atoms with Crippen molar-refractivity contribution in [2.24, 2.45) is 5.73 Å². The predicted octanol–water partition coefficient (Wildman–Crippen LogP) is 1.53. The highest BCUT2D eigenvalue weighted by atomic mass is 32.1. The Hall–Kier alpha value is -3.04. The number of thiophene rings is 1. The fraction of sp³-hybridized carbons (Fsp3) is 0.312. The fourth-order valence-corrected chi connectivity index (χ4v) is 4.08. The molecule has 10 nitrogen and oxygen atoms in total. The molecule has 0 spiro atoms. The zero-order valence-electron chi connectivity index (χ0n) is 16.1. The van der Waals surface area contributed by atoms with Crippen molar-refractivity contribution in [1.29, 1.82) is 0 Å². The highest BCUT2D eigenvalue weighted by molar-refractivity contribution is 7.29. The van der Waals surface area contributed by atoms with Crippen molar-refractivity contribution in [1.82, 2.24) is 20.3 Å². The van der Waals surface area contributed by atoms with E-state index in [1.54, 1.807) is 0 Å². The van der Waals surface area contributed by atoms with E-state index in [9.17, 15) is 22.8 Å². The average Bonchev–Trinajstić information content (AvgIpc) is 3.24. The molecule has 5 N–H and O–H groups in total. The molecule has 0 aromatic carbocycles. The number of amides is 1. The topological polar surface area (TPSA) is 154 Å². The highest BCUT2D eigenvalue weighted by Crippen LogP contribution is 2.33. The van der Waals surface area contributed by atoms with Gasteiger partial charge in [-0.25, -0.2) is 14.8 Å². The molecule has 0 atom stereocenters. The van der Waals surface area contributed by atoms with Crippen LogP contribution in [0.2, 0.25) is 0 Å². The Balaban J connectivity index is 0.000000423. The van der Waals surface area contributed by atoms with E-state index < -0.39 is 12.1 Å². The molecule has 3 rings (SSSR count). The number of fused-ring (bicyclic) bond motifs is 1. The summed E-state index contributed by atoms with van der Waals surface area (Å²) in [6, 6.07) is 3.17. The van der Waals surface area contributed by atoms with Crippen molar-refractivity contribution in [3.8, 4) is 0 Å². The number of hydrogen-bond acceptors (Lipinski definition) is 9. The second-order valence-corrected chi connectivity index (χ2v) is 8.08. The van der Waals surface area contributed by atoms with Crippen LogP contribution in [0.25, 0.3) is 9.53 Å². The molecule has 0 aliphatic carbocycles. The van der Waals surface area contributed by atoms with Crippen LogP contribution >= 0.6 is 22.7 Å². The number of hydrogen-bond donors (Lipinski definition) is 4. The van der Waals surface area contributed by atoms with Crippen LogP contribution in [0.4, 0.5) is 18.3 Å². The number of aromatic amines is 1. The van der Waals surface area contributed by atoms with Gasteiger partial charge in [0, 0.05) is 26.7 Å². The third-order valence-corrected chi connectivity index (χ3v) is 5.72. The number of rotatable bonds is 5. The van der Waals surface area contributed by atoms with Gasteiger partial charge in [-0.05, 0) is 6.07 Å². The number of carbonyl (C=O) groups excluding carboxylic acids is 1. The predicted molar refractivity (Wildman–Crippen MR) is 109 cm³/mol. The minimum absolute atomic E-state index is 0.129. The number of nitrogens with zero attached hydrogens (tertiary/aromatic N) is 3. The zero-order valence-corrected chi connectivity index (χ0v) is 17.7. The Morgan fingerprint density at radius 1 is 1.26 bits per heavy atom. The van der Waals surface area contributed by atoms with Gasteiger partial charge in [0.15, 0.2) is 5.13 Å². The van der Waals surface area contributed by atoms with E-state index in [1.165, 1.54) is 28.7 Å². The number of aliphatic carboxylic acids is 1. The summed E-state index contributed by atoms with van der Waals surface area (Å²) in [7, 11) is 3.86. The smallest absolute Gasteiger partial charge is 0.475 e. The van der Waals surface area contributed by atoms with Crippen LogP contribution in [0.3, 0.4) is 0 Å². The third kappa shape index (κ3) is 6.73. The van der Waals surface area contributed by atoms with Gasteiger partial charge < -0.3 is 26.0 Å². The fourth-order valence-electron chi connectivity index (χ4n) is 2.03. The number of thiazole rings is 1. The molecule has 31 heavy (non-hydrogen) atoms. The number of carboxylic acid groups (broad SMARTS) is 1. The van der Waals surface area contributed by atoms with E-state index in [1.807, 2.05) is 25.1 Å². The molecule has 0 unspecified atom stereocenters. The van der Waals surface area contributed by atoms with Gasteiger partial charge in [-0.3, -0.25) is 9.59 Å². The maximum Gasteiger partial charge on any atom is 0.490 e. The van der Waals surface area contributed by atoms with Crippen molar-refractivity contribution in [3.05, 3.63) is 38.9 Å². The summed E-state index contributed by atoms with van der Waals surface area (Å²) in [5.74, 6) is -2.60.